The molecule has 0 fully saturated rings. The highest BCUT2D eigenvalue weighted by Gasteiger charge is 2.06. The molecule has 120 valence electrons. The molecule has 2 N–H and O–H groups in total. The molecule has 0 saturated heterocycles. The van der Waals surface area contributed by atoms with E-state index in [-0.39, 0.29) is 12.5 Å². The molecule has 0 aliphatic carbocycles. The minimum absolute atomic E-state index is 0.0185. The Bertz CT molecular complexity index is 509. The standard InChI is InChI=1S/C17H24N2O3/c1-3-5-12-19(4-2)17(21)11-8-14-6-9-15(10-7-14)22-13-16(18)20/h6-11H,3-5,12-13H2,1-2H3,(H2,18,20)/b11-8+. The Labute approximate surface area is 131 Å². The van der Waals surface area contributed by atoms with Gasteiger partial charge in [0.05, 0.1) is 0 Å². The molecule has 0 heterocycles. The third-order valence-electron chi connectivity index (χ3n) is 3.15. The third-order valence-corrected chi connectivity index (χ3v) is 3.15. The van der Waals surface area contributed by atoms with Crippen LogP contribution in [0, 0.1) is 0 Å². The summed E-state index contributed by atoms with van der Waals surface area (Å²) in [6.45, 7) is 5.44. The molecule has 5 heteroatoms. The zero-order valence-corrected chi connectivity index (χ0v) is 13.2. The number of hydrogen-bond acceptors (Lipinski definition) is 3. The van der Waals surface area contributed by atoms with E-state index < -0.39 is 5.91 Å². The molecule has 0 aliphatic heterocycles. The first kappa shape index (κ1) is 17.8. The molecule has 0 spiro atoms. The first-order valence-electron chi connectivity index (χ1n) is 7.55. The highest BCUT2D eigenvalue weighted by Crippen LogP contribution is 2.13. The summed E-state index contributed by atoms with van der Waals surface area (Å²) in [6.07, 6.45) is 5.44. The normalized spacial score (nSPS) is 10.6. The number of benzene rings is 1. The number of amides is 2. The predicted octanol–water partition coefficient (Wildman–Crippen LogP) is 2.21. The van der Waals surface area contributed by atoms with E-state index in [1.165, 1.54) is 0 Å². The van der Waals surface area contributed by atoms with Gasteiger partial charge in [-0.05, 0) is 37.1 Å². The number of likely N-dealkylation sites (N-methyl/N-ethyl adjacent to an activating group) is 1. The molecule has 1 rings (SSSR count). The van der Waals surface area contributed by atoms with Gasteiger partial charge in [0.2, 0.25) is 5.91 Å². The van der Waals surface area contributed by atoms with Crippen LogP contribution in [0.15, 0.2) is 30.3 Å². The van der Waals surface area contributed by atoms with Crippen LogP contribution in [-0.4, -0.2) is 36.4 Å². The Hall–Kier alpha value is -2.30. The van der Waals surface area contributed by atoms with Crippen LogP contribution in [-0.2, 0) is 9.59 Å². The molecule has 0 aliphatic rings. The van der Waals surface area contributed by atoms with E-state index in [9.17, 15) is 9.59 Å². The van der Waals surface area contributed by atoms with Gasteiger partial charge >= 0.3 is 0 Å². The lowest BCUT2D eigenvalue weighted by atomic mass is 10.2. The second kappa shape index (κ2) is 9.60. The van der Waals surface area contributed by atoms with Gasteiger partial charge < -0.3 is 15.4 Å². The van der Waals surface area contributed by atoms with Crippen molar-refractivity contribution in [3.8, 4) is 5.75 Å². The number of unbranched alkanes of at least 4 members (excludes halogenated alkanes) is 1. The van der Waals surface area contributed by atoms with Gasteiger partial charge in [-0.2, -0.15) is 0 Å². The number of hydrogen-bond donors (Lipinski definition) is 1. The topological polar surface area (TPSA) is 72.6 Å². The van der Waals surface area contributed by atoms with Crippen LogP contribution in [0.25, 0.3) is 6.08 Å². The maximum atomic E-state index is 12.1. The van der Waals surface area contributed by atoms with Crippen molar-refractivity contribution in [3.63, 3.8) is 0 Å². The lowest BCUT2D eigenvalue weighted by Crippen LogP contribution is -2.30. The summed E-state index contributed by atoms with van der Waals surface area (Å²) >= 11 is 0. The van der Waals surface area contributed by atoms with E-state index in [1.54, 1.807) is 24.3 Å². The molecule has 0 bridgehead atoms. The van der Waals surface area contributed by atoms with Crippen molar-refractivity contribution >= 4 is 17.9 Å². The highest BCUT2D eigenvalue weighted by molar-refractivity contribution is 5.91. The lowest BCUT2D eigenvalue weighted by Gasteiger charge is -2.18. The first-order valence-corrected chi connectivity index (χ1v) is 7.55. The Morgan fingerprint density at radius 2 is 1.91 bits per heavy atom. The summed E-state index contributed by atoms with van der Waals surface area (Å²) in [4.78, 5) is 24.5. The monoisotopic (exact) mass is 304 g/mol. The van der Waals surface area contributed by atoms with Crippen molar-refractivity contribution in [2.75, 3.05) is 19.7 Å². The van der Waals surface area contributed by atoms with Crippen molar-refractivity contribution in [2.45, 2.75) is 26.7 Å². The van der Waals surface area contributed by atoms with Gasteiger partial charge in [0.25, 0.3) is 5.91 Å². The zero-order chi connectivity index (χ0) is 16.4. The van der Waals surface area contributed by atoms with E-state index in [0.29, 0.717) is 12.3 Å². The first-order chi connectivity index (χ1) is 10.6. The summed E-state index contributed by atoms with van der Waals surface area (Å²) < 4.78 is 5.17. The minimum atomic E-state index is -0.513. The maximum Gasteiger partial charge on any atom is 0.255 e. The molecule has 5 nitrogen and oxygen atoms in total. The quantitative estimate of drug-likeness (QED) is 0.711. The summed E-state index contributed by atoms with van der Waals surface area (Å²) in [5, 5.41) is 0. The van der Waals surface area contributed by atoms with Gasteiger partial charge in [0.1, 0.15) is 5.75 Å². The summed E-state index contributed by atoms with van der Waals surface area (Å²) in [5.41, 5.74) is 5.90. The minimum Gasteiger partial charge on any atom is -0.484 e. The molecule has 0 atom stereocenters. The van der Waals surface area contributed by atoms with Gasteiger partial charge in [-0.25, -0.2) is 0 Å². The Morgan fingerprint density at radius 1 is 1.23 bits per heavy atom. The van der Waals surface area contributed by atoms with Crippen molar-refractivity contribution < 1.29 is 14.3 Å². The van der Waals surface area contributed by atoms with Gasteiger partial charge in [0.15, 0.2) is 6.61 Å². The van der Waals surface area contributed by atoms with Gasteiger partial charge in [0, 0.05) is 19.2 Å². The predicted molar refractivity (Wildman–Crippen MR) is 87.3 cm³/mol. The van der Waals surface area contributed by atoms with E-state index >= 15 is 0 Å². The van der Waals surface area contributed by atoms with Crippen molar-refractivity contribution in [3.05, 3.63) is 35.9 Å². The molecule has 22 heavy (non-hydrogen) atoms. The molecule has 0 radical (unpaired) electrons. The van der Waals surface area contributed by atoms with Gasteiger partial charge in [-0.3, -0.25) is 9.59 Å². The number of nitrogens with zero attached hydrogens (tertiary/aromatic N) is 1. The maximum absolute atomic E-state index is 12.1. The van der Waals surface area contributed by atoms with Crippen LogP contribution in [0.4, 0.5) is 0 Å². The number of ether oxygens (including phenoxy) is 1. The Kier molecular flexibility index (Phi) is 7.75. The second-order valence-corrected chi connectivity index (χ2v) is 4.93. The number of carbonyl (C=O) groups excluding carboxylic acids is 2. The van der Waals surface area contributed by atoms with Gasteiger partial charge in [-0.15, -0.1) is 0 Å². The van der Waals surface area contributed by atoms with E-state index in [0.717, 1.165) is 24.9 Å². The molecule has 1 aromatic carbocycles. The van der Waals surface area contributed by atoms with E-state index in [2.05, 4.69) is 6.92 Å². The highest BCUT2D eigenvalue weighted by atomic mass is 16.5. The molecule has 1 aromatic rings. The van der Waals surface area contributed by atoms with Crippen LogP contribution < -0.4 is 10.5 Å². The fourth-order valence-electron chi connectivity index (χ4n) is 1.88. The summed E-state index contributed by atoms with van der Waals surface area (Å²) in [5.74, 6) is 0.0757. The molecular weight excluding hydrogens is 280 g/mol. The molecule has 0 unspecified atom stereocenters. The zero-order valence-electron chi connectivity index (χ0n) is 13.2. The molecule has 0 aromatic heterocycles. The number of carbonyl (C=O) groups is 2. The van der Waals surface area contributed by atoms with Gasteiger partial charge in [-0.1, -0.05) is 25.5 Å². The van der Waals surface area contributed by atoms with E-state index in [1.807, 2.05) is 24.0 Å². The van der Waals surface area contributed by atoms with Crippen molar-refractivity contribution in [1.82, 2.24) is 4.90 Å². The number of primary amides is 1. The fraction of sp³-hybridized carbons (Fsp3) is 0.412. The fourth-order valence-corrected chi connectivity index (χ4v) is 1.88. The molecular formula is C17H24N2O3. The van der Waals surface area contributed by atoms with Crippen LogP contribution in [0.5, 0.6) is 5.75 Å². The largest absolute Gasteiger partial charge is 0.484 e. The van der Waals surface area contributed by atoms with Crippen LogP contribution in [0.2, 0.25) is 0 Å². The van der Waals surface area contributed by atoms with Crippen LogP contribution in [0.1, 0.15) is 32.3 Å². The summed E-state index contributed by atoms with van der Waals surface area (Å²) in [7, 11) is 0. The Morgan fingerprint density at radius 3 is 2.45 bits per heavy atom. The van der Waals surface area contributed by atoms with Crippen LogP contribution >= 0.6 is 0 Å². The summed E-state index contributed by atoms with van der Waals surface area (Å²) in [6, 6.07) is 7.12. The van der Waals surface area contributed by atoms with E-state index in [4.69, 9.17) is 10.5 Å². The number of nitrogens with two attached hydrogens (primary N) is 1. The SMILES string of the molecule is CCCCN(CC)C(=O)/C=C/c1ccc(OCC(N)=O)cc1. The Balaban J connectivity index is 2.57. The average molecular weight is 304 g/mol. The number of rotatable bonds is 9. The van der Waals surface area contributed by atoms with Crippen molar-refractivity contribution in [2.24, 2.45) is 5.73 Å². The smallest absolute Gasteiger partial charge is 0.255 e. The van der Waals surface area contributed by atoms with Crippen molar-refractivity contribution in [1.29, 1.82) is 0 Å². The average Bonchev–Trinajstić information content (AvgIpc) is 2.52. The third kappa shape index (κ3) is 6.43. The molecule has 0 saturated carbocycles. The second-order valence-electron chi connectivity index (χ2n) is 4.93. The van der Waals surface area contributed by atoms with Crippen LogP contribution in [0.3, 0.4) is 0 Å². The molecule has 2 amide bonds. The lowest BCUT2D eigenvalue weighted by molar-refractivity contribution is -0.125.